The quantitative estimate of drug-likeness (QED) is 0.392. The molecule has 0 amide bonds. The van der Waals surface area contributed by atoms with Gasteiger partial charge in [0.15, 0.2) is 5.11 Å². The highest BCUT2D eigenvalue weighted by atomic mass is 35.5. The fourth-order valence-corrected chi connectivity index (χ4v) is 5.89. The Hall–Kier alpha value is -3.09. The summed E-state index contributed by atoms with van der Waals surface area (Å²) in [7, 11) is 6.20. The topological polar surface area (TPSA) is 34.6 Å². The van der Waals surface area contributed by atoms with Gasteiger partial charge >= 0.3 is 0 Å². The Morgan fingerprint density at radius 1 is 1.08 bits per heavy atom. The van der Waals surface area contributed by atoms with Crippen LogP contribution in [0.1, 0.15) is 49.7 Å². The Morgan fingerprint density at radius 2 is 1.81 bits per heavy atom. The van der Waals surface area contributed by atoms with E-state index in [1.165, 1.54) is 11.1 Å². The van der Waals surface area contributed by atoms with Gasteiger partial charge in [-0.2, -0.15) is 0 Å². The largest absolute Gasteiger partial charge is 0.378 e. The minimum atomic E-state index is -0.163. The highest BCUT2D eigenvalue weighted by Crippen LogP contribution is 2.48. The fraction of sp³-hybridized carbons (Fsp3) is 0.310. The van der Waals surface area contributed by atoms with Crippen LogP contribution < -0.4 is 20.0 Å². The number of pyridine rings is 1. The van der Waals surface area contributed by atoms with E-state index in [0.29, 0.717) is 5.11 Å². The molecule has 1 aromatic heterocycles. The zero-order valence-electron chi connectivity index (χ0n) is 21.6. The van der Waals surface area contributed by atoms with Gasteiger partial charge in [-0.05, 0) is 92.7 Å². The summed E-state index contributed by atoms with van der Waals surface area (Å²) >= 11 is 13.0. The predicted octanol–water partition coefficient (Wildman–Crippen LogP) is 6.61. The number of fused-ring (bicyclic) bond motifs is 1. The van der Waals surface area contributed by atoms with E-state index in [1.54, 1.807) is 0 Å². The second-order valence-electron chi connectivity index (χ2n) is 10.3. The lowest BCUT2D eigenvalue weighted by atomic mass is 9.86. The van der Waals surface area contributed by atoms with E-state index < -0.39 is 0 Å². The molecule has 0 spiro atoms. The zero-order valence-corrected chi connectivity index (χ0v) is 23.2. The predicted molar refractivity (Wildman–Crippen MR) is 156 cm³/mol. The van der Waals surface area contributed by atoms with Crippen LogP contribution in [0, 0.1) is 0 Å². The molecule has 2 aromatic carbocycles. The van der Waals surface area contributed by atoms with Crippen LogP contribution in [-0.2, 0) is 0 Å². The van der Waals surface area contributed by atoms with E-state index >= 15 is 0 Å². The normalized spacial score (nSPS) is 20.6. The number of hydrogen-bond donors (Lipinski definition) is 1. The number of benzene rings is 2. The molecule has 1 saturated heterocycles. The molecule has 0 saturated carbocycles. The summed E-state index contributed by atoms with van der Waals surface area (Å²) < 4.78 is 0. The smallest absolute Gasteiger partial charge is 0.174 e. The van der Waals surface area contributed by atoms with Crippen LogP contribution in [0.2, 0.25) is 5.02 Å². The molecule has 5 nitrogen and oxygen atoms in total. The van der Waals surface area contributed by atoms with Crippen LogP contribution in [0.4, 0.5) is 17.1 Å². The first-order valence-corrected chi connectivity index (χ1v) is 12.9. The van der Waals surface area contributed by atoms with E-state index in [9.17, 15) is 0 Å². The molecular weight excluding hydrogens is 486 g/mol. The third-order valence-electron chi connectivity index (χ3n) is 7.40. The number of nitrogens with one attached hydrogen (secondary N) is 1. The van der Waals surface area contributed by atoms with Crippen molar-refractivity contribution in [3.05, 3.63) is 88.7 Å². The molecule has 0 bridgehead atoms. The van der Waals surface area contributed by atoms with E-state index in [4.69, 9.17) is 23.8 Å². The van der Waals surface area contributed by atoms with E-state index in [2.05, 4.69) is 95.3 Å². The van der Waals surface area contributed by atoms with Gasteiger partial charge in [0, 0.05) is 55.0 Å². The molecule has 2 atom stereocenters. The molecule has 0 unspecified atom stereocenters. The maximum absolute atomic E-state index is 7.10. The molecule has 2 aliphatic rings. The van der Waals surface area contributed by atoms with Crippen molar-refractivity contribution in [3.8, 4) is 0 Å². The van der Waals surface area contributed by atoms with E-state index in [0.717, 1.165) is 33.3 Å². The maximum Gasteiger partial charge on any atom is 0.174 e. The van der Waals surface area contributed by atoms with Gasteiger partial charge in [0.05, 0.1) is 23.3 Å². The Morgan fingerprint density at radius 3 is 2.44 bits per heavy atom. The molecule has 1 fully saturated rings. The summed E-state index contributed by atoms with van der Waals surface area (Å²) in [4.78, 5) is 11.2. The van der Waals surface area contributed by atoms with Crippen LogP contribution in [-0.4, -0.2) is 36.8 Å². The van der Waals surface area contributed by atoms with Gasteiger partial charge in [-0.25, -0.2) is 0 Å². The molecule has 7 heteroatoms. The third-order valence-corrected chi connectivity index (χ3v) is 8.04. The number of anilines is 3. The van der Waals surface area contributed by atoms with Crippen molar-refractivity contribution in [2.24, 2.45) is 0 Å². The fourth-order valence-electron chi connectivity index (χ4n) is 5.27. The van der Waals surface area contributed by atoms with Gasteiger partial charge in [0.25, 0.3) is 0 Å². The number of thiocarbonyl (C=S) groups is 1. The molecule has 186 valence electrons. The second-order valence-corrected chi connectivity index (χ2v) is 11.1. The molecule has 0 aliphatic carbocycles. The van der Waals surface area contributed by atoms with Gasteiger partial charge in [-0.15, -0.1) is 0 Å². The molecule has 3 heterocycles. The first-order chi connectivity index (χ1) is 17.1. The van der Waals surface area contributed by atoms with Crippen molar-refractivity contribution >= 4 is 51.6 Å². The lowest BCUT2D eigenvalue weighted by molar-refractivity contribution is 0.567. The first-order valence-electron chi connectivity index (χ1n) is 12.1. The van der Waals surface area contributed by atoms with Gasteiger partial charge in [0.1, 0.15) is 0 Å². The Balaban J connectivity index is 1.68. The molecule has 3 aromatic rings. The minimum Gasteiger partial charge on any atom is -0.378 e. The molecule has 1 N–H and O–H groups in total. The number of rotatable bonds is 4. The van der Waals surface area contributed by atoms with Crippen LogP contribution in [0.15, 0.2) is 66.9 Å². The van der Waals surface area contributed by atoms with Crippen molar-refractivity contribution in [1.29, 1.82) is 0 Å². The van der Waals surface area contributed by atoms with Crippen LogP contribution in [0.25, 0.3) is 5.57 Å². The van der Waals surface area contributed by atoms with Gasteiger partial charge in [-0.3, -0.25) is 4.98 Å². The maximum atomic E-state index is 7.10. The summed E-state index contributed by atoms with van der Waals surface area (Å²) in [5, 5.41) is 4.93. The molecule has 36 heavy (non-hydrogen) atoms. The van der Waals surface area contributed by atoms with Gasteiger partial charge < -0.3 is 20.0 Å². The highest BCUT2D eigenvalue weighted by molar-refractivity contribution is 7.80. The van der Waals surface area contributed by atoms with E-state index in [1.807, 2.05) is 38.5 Å². The molecule has 2 aliphatic heterocycles. The monoisotopic (exact) mass is 517 g/mol. The number of hydrogen-bond acceptors (Lipinski definition) is 4. The minimum absolute atomic E-state index is 0.0882. The standard InChI is InChI=1S/C29H32ClN5S/c1-18-17-29(2,3)34(6)25-16-23(30)22(15-21(18)25)27-26(24-9-7-8-14-31-24)32-28(36)35(27)20-12-10-19(11-13-20)33(4)5/h7-17,26-27H,1-6H3,(H,32,36)/t26-,27-/m1/s1. The lowest BCUT2D eigenvalue weighted by Crippen LogP contribution is -2.42. The van der Waals surface area contributed by atoms with Gasteiger partial charge in [0.2, 0.25) is 0 Å². The van der Waals surface area contributed by atoms with Crippen LogP contribution in [0.5, 0.6) is 0 Å². The average Bonchev–Trinajstić information content (AvgIpc) is 3.19. The summed E-state index contributed by atoms with van der Waals surface area (Å²) in [5.74, 6) is 0. The SMILES string of the molecule is CC1=CC(C)(C)N(C)c2cc(Cl)c([C@@H]3[C@@H](c4ccccn4)NC(=S)N3c3ccc(N(C)C)cc3)cc21. The Bertz CT molecular complexity index is 1330. The van der Waals surface area contributed by atoms with Crippen molar-refractivity contribution in [3.63, 3.8) is 0 Å². The van der Waals surface area contributed by atoms with Crippen molar-refractivity contribution in [1.82, 2.24) is 10.3 Å². The van der Waals surface area contributed by atoms with Crippen LogP contribution >= 0.6 is 23.8 Å². The Labute approximate surface area is 224 Å². The second kappa shape index (κ2) is 9.09. The number of nitrogens with zero attached hydrogens (tertiary/aromatic N) is 4. The Kier molecular flexibility index (Phi) is 6.21. The van der Waals surface area contributed by atoms with Crippen LogP contribution in [0.3, 0.4) is 0 Å². The van der Waals surface area contributed by atoms with Crippen molar-refractivity contribution < 1.29 is 0 Å². The number of aromatic nitrogens is 1. The third kappa shape index (κ3) is 4.12. The summed E-state index contributed by atoms with van der Waals surface area (Å²) in [6, 6.07) is 18.5. The average molecular weight is 518 g/mol. The molecular formula is C29H32ClN5S. The van der Waals surface area contributed by atoms with Gasteiger partial charge in [-0.1, -0.05) is 23.7 Å². The summed E-state index contributed by atoms with van der Waals surface area (Å²) in [5.41, 5.74) is 7.59. The zero-order chi connectivity index (χ0) is 25.8. The lowest BCUT2D eigenvalue weighted by Gasteiger charge is -2.41. The summed E-state index contributed by atoms with van der Waals surface area (Å²) in [6.45, 7) is 6.62. The number of halogens is 1. The van der Waals surface area contributed by atoms with Crippen molar-refractivity contribution in [2.45, 2.75) is 38.4 Å². The van der Waals surface area contributed by atoms with Crippen molar-refractivity contribution in [2.75, 3.05) is 35.8 Å². The molecule has 5 rings (SSSR count). The molecule has 0 radical (unpaired) electrons. The first kappa shape index (κ1) is 24.6. The number of likely N-dealkylation sites (N-methyl/N-ethyl adjacent to an activating group) is 1. The number of allylic oxidation sites excluding steroid dienone is 1. The highest BCUT2D eigenvalue weighted by Gasteiger charge is 2.42. The summed E-state index contributed by atoms with van der Waals surface area (Å²) in [6.07, 6.45) is 4.14. The van der Waals surface area contributed by atoms with E-state index in [-0.39, 0.29) is 17.6 Å².